The molecule has 2 heterocycles. The standard InChI is InChI=1S/C8H6N2.C5H10N2/c1-2-4-8-7(3-1)5-9-6-10-8;1-2-4-6-7-5-3-1/h1-6H;2,4,6-7H,1,3,5H2. The Morgan fingerprint density at radius 3 is 3.06 bits per heavy atom. The summed E-state index contributed by atoms with van der Waals surface area (Å²) in [5.74, 6) is 0. The summed E-state index contributed by atoms with van der Waals surface area (Å²) in [5, 5.41) is 1.09. The molecule has 1 aromatic heterocycles. The zero-order chi connectivity index (χ0) is 11.8. The van der Waals surface area contributed by atoms with Gasteiger partial charge in [0.2, 0.25) is 0 Å². The van der Waals surface area contributed by atoms with Gasteiger partial charge in [0.25, 0.3) is 0 Å². The lowest BCUT2D eigenvalue weighted by molar-refractivity contribution is 0.622. The van der Waals surface area contributed by atoms with Gasteiger partial charge in [-0.05, 0) is 18.9 Å². The lowest BCUT2D eigenvalue weighted by Crippen LogP contribution is -2.25. The van der Waals surface area contributed by atoms with Crippen LogP contribution in [0, 0.1) is 0 Å². The van der Waals surface area contributed by atoms with Crippen LogP contribution in [0.2, 0.25) is 0 Å². The molecule has 2 aromatic rings. The molecule has 1 aliphatic heterocycles. The molecule has 17 heavy (non-hydrogen) atoms. The Morgan fingerprint density at radius 2 is 2.12 bits per heavy atom. The Bertz CT molecular complexity index is 408. The van der Waals surface area contributed by atoms with Crippen molar-refractivity contribution < 1.29 is 0 Å². The SMILES string of the molecule is C1=CNNCCC1.c1ccc2ncncc2c1. The van der Waals surface area contributed by atoms with Crippen LogP contribution in [-0.2, 0) is 0 Å². The maximum absolute atomic E-state index is 4.07. The lowest BCUT2D eigenvalue weighted by atomic mass is 10.2. The van der Waals surface area contributed by atoms with Gasteiger partial charge in [0, 0.05) is 24.3 Å². The van der Waals surface area contributed by atoms with Crippen molar-refractivity contribution in [3.63, 3.8) is 0 Å². The van der Waals surface area contributed by atoms with E-state index in [0.717, 1.165) is 17.4 Å². The van der Waals surface area contributed by atoms with Gasteiger partial charge in [-0.1, -0.05) is 24.3 Å². The Morgan fingerprint density at radius 1 is 1.18 bits per heavy atom. The normalized spacial score (nSPS) is 14.4. The molecule has 88 valence electrons. The predicted molar refractivity (Wildman–Crippen MR) is 69.1 cm³/mol. The summed E-state index contributed by atoms with van der Waals surface area (Å²) in [6.07, 6.45) is 9.86. The number of allylic oxidation sites excluding steroid dienone is 1. The molecule has 0 saturated heterocycles. The number of nitrogens with zero attached hydrogens (tertiary/aromatic N) is 2. The largest absolute Gasteiger partial charge is 0.329 e. The van der Waals surface area contributed by atoms with Gasteiger partial charge in [0.1, 0.15) is 6.33 Å². The highest BCUT2D eigenvalue weighted by molar-refractivity contribution is 5.76. The highest BCUT2D eigenvalue weighted by Gasteiger charge is 1.87. The summed E-state index contributed by atoms with van der Waals surface area (Å²) < 4.78 is 0. The molecule has 0 bridgehead atoms. The first kappa shape index (κ1) is 11.5. The number of rotatable bonds is 0. The van der Waals surface area contributed by atoms with Crippen molar-refractivity contribution in [2.24, 2.45) is 0 Å². The highest BCUT2D eigenvalue weighted by Crippen LogP contribution is 2.06. The van der Waals surface area contributed by atoms with Gasteiger partial charge in [0.15, 0.2) is 0 Å². The maximum Gasteiger partial charge on any atom is 0.116 e. The fourth-order valence-corrected chi connectivity index (χ4v) is 1.51. The van der Waals surface area contributed by atoms with Gasteiger partial charge in [-0.25, -0.2) is 15.4 Å². The summed E-state index contributed by atoms with van der Waals surface area (Å²) >= 11 is 0. The van der Waals surface area contributed by atoms with E-state index in [9.17, 15) is 0 Å². The molecule has 0 atom stereocenters. The number of benzene rings is 1. The number of fused-ring (bicyclic) bond motifs is 1. The molecule has 0 aliphatic carbocycles. The van der Waals surface area contributed by atoms with Gasteiger partial charge in [0.05, 0.1) is 5.52 Å². The van der Waals surface area contributed by atoms with E-state index < -0.39 is 0 Å². The molecule has 1 aliphatic rings. The summed E-state index contributed by atoms with van der Waals surface area (Å²) in [4.78, 5) is 7.97. The van der Waals surface area contributed by atoms with Crippen LogP contribution in [0.5, 0.6) is 0 Å². The molecular weight excluding hydrogens is 212 g/mol. The smallest absolute Gasteiger partial charge is 0.116 e. The van der Waals surface area contributed by atoms with Gasteiger partial charge < -0.3 is 5.43 Å². The van der Waals surface area contributed by atoms with Gasteiger partial charge in [-0.15, -0.1) is 0 Å². The lowest BCUT2D eigenvalue weighted by Gasteiger charge is -1.95. The van der Waals surface area contributed by atoms with E-state index in [1.54, 1.807) is 6.33 Å². The fraction of sp³-hybridized carbons (Fsp3) is 0.231. The van der Waals surface area contributed by atoms with Crippen LogP contribution in [-0.4, -0.2) is 16.5 Å². The third-order valence-corrected chi connectivity index (χ3v) is 2.39. The van der Waals surface area contributed by atoms with Crippen LogP contribution < -0.4 is 10.9 Å². The maximum atomic E-state index is 4.07. The van der Waals surface area contributed by atoms with E-state index in [1.165, 1.54) is 12.8 Å². The molecule has 1 aromatic carbocycles. The van der Waals surface area contributed by atoms with Crippen molar-refractivity contribution in [1.29, 1.82) is 0 Å². The molecule has 0 unspecified atom stereocenters. The summed E-state index contributed by atoms with van der Waals surface area (Å²) in [6.45, 7) is 1.08. The number of hydrazine groups is 1. The predicted octanol–water partition coefficient (Wildman–Crippen LogP) is 2.02. The average Bonchev–Trinajstić information content (AvgIpc) is 2.72. The molecule has 4 nitrogen and oxygen atoms in total. The summed E-state index contributed by atoms with van der Waals surface area (Å²) in [6, 6.07) is 7.91. The number of para-hydroxylation sites is 1. The quantitative estimate of drug-likeness (QED) is 0.724. The summed E-state index contributed by atoms with van der Waals surface area (Å²) in [5.41, 5.74) is 6.92. The van der Waals surface area contributed by atoms with Gasteiger partial charge in [-0.3, -0.25) is 0 Å². The molecule has 4 heteroatoms. The minimum atomic E-state index is 0.998. The molecular formula is C13H16N4. The minimum absolute atomic E-state index is 0.998. The van der Waals surface area contributed by atoms with Crippen molar-refractivity contribution in [2.45, 2.75) is 12.8 Å². The van der Waals surface area contributed by atoms with E-state index in [1.807, 2.05) is 36.7 Å². The number of nitrogens with one attached hydrogen (secondary N) is 2. The topological polar surface area (TPSA) is 49.8 Å². The molecule has 0 amide bonds. The van der Waals surface area contributed by atoms with Crippen LogP contribution in [0.25, 0.3) is 10.9 Å². The molecule has 0 spiro atoms. The minimum Gasteiger partial charge on any atom is -0.329 e. The Kier molecular flexibility index (Phi) is 4.48. The molecule has 2 N–H and O–H groups in total. The molecule has 0 saturated carbocycles. The van der Waals surface area contributed by atoms with E-state index in [0.29, 0.717) is 0 Å². The monoisotopic (exact) mass is 228 g/mol. The van der Waals surface area contributed by atoms with E-state index in [-0.39, 0.29) is 0 Å². The Labute approximate surface area is 101 Å². The second-order valence-corrected chi connectivity index (χ2v) is 3.70. The van der Waals surface area contributed by atoms with E-state index >= 15 is 0 Å². The number of hydrogen-bond acceptors (Lipinski definition) is 4. The third-order valence-electron chi connectivity index (χ3n) is 2.39. The Hall–Kier alpha value is -1.94. The molecule has 0 fully saturated rings. The fourth-order valence-electron chi connectivity index (χ4n) is 1.51. The van der Waals surface area contributed by atoms with E-state index in [2.05, 4.69) is 26.9 Å². The second kappa shape index (κ2) is 6.60. The van der Waals surface area contributed by atoms with Crippen molar-refractivity contribution in [3.8, 4) is 0 Å². The zero-order valence-corrected chi connectivity index (χ0v) is 9.63. The first-order chi connectivity index (χ1) is 8.47. The van der Waals surface area contributed by atoms with Crippen LogP contribution in [0.15, 0.2) is 49.1 Å². The summed E-state index contributed by atoms with van der Waals surface area (Å²) in [7, 11) is 0. The first-order valence-corrected chi connectivity index (χ1v) is 5.75. The Balaban J connectivity index is 0.000000136. The highest BCUT2D eigenvalue weighted by atomic mass is 15.3. The molecule has 3 rings (SSSR count). The van der Waals surface area contributed by atoms with Crippen molar-refractivity contribution >= 4 is 10.9 Å². The number of hydrogen-bond donors (Lipinski definition) is 2. The molecule has 0 radical (unpaired) electrons. The first-order valence-electron chi connectivity index (χ1n) is 5.75. The number of aromatic nitrogens is 2. The second-order valence-electron chi connectivity index (χ2n) is 3.70. The van der Waals surface area contributed by atoms with Crippen LogP contribution in [0.3, 0.4) is 0 Å². The van der Waals surface area contributed by atoms with Crippen LogP contribution >= 0.6 is 0 Å². The van der Waals surface area contributed by atoms with Crippen LogP contribution in [0.1, 0.15) is 12.8 Å². The third kappa shape index (κ3) is 3.85. The average molecular weight is 228 g/mol. The zero-order valence-electron chi connectivity index (χ0n) is 9.63. The van der Waals surface area contributed by atoms with Crippen molar-refractivity contribution in [2.75, 3.05) is 6.54 Å². The van der Waals surface area contributed by atoms with Gasteiger partial charge >= 0.3 is 0 Å². The van der Waals surface area contributed by atoms with Crippen LogP contribution in [0.4, 0.5) is 0 Å². The van der Waals surface area contributed by atoms with Crippen molar-refractivity contribution in [1.82, 2.24) is 20.8 Å². The van der Waals surface area contributed by atoms with E-state index in [4.69, 9.17) is 0 Å². The van der Waals surface area contributed by atoms with Crippen molar-refractivity contribution in [3.05, 3.63) is 49.1 Å². The van der Waals surface area contributed by atoms with Gasteiger partial charge in [-0.2, -0.15) is 0 Å².